The molecule has 0 aromatic carbocycles. The van der Waals surface area contributed by atoms with Gasteiger partial charge in [0.2, 0.25) is 5.95 Å². The second-order valence-electron chi connectivity index (χ2n) is 1.35. The van der Waals surface area contributed by atoms with Gasteiger partial charge in [-0.15, -0.1) is 0 Å². The second-order valence-corrected chi connectivity index (χ2v) is 1.76. The Morgan fingerprint density at radius 3 is 2.67 bits per heavy atom. The van der Waals surface area contributed by atoms with Crippen molar-refractivity contribution in [1.82, 2.24) is 4.98 Å². The number of hydrogen-bond donors (Lipinski definition) is 0. The van der Waals surface area contributed by atoms with Crippen LogP contribution in [0.1, 0.15) is 0 Å². The topological polar surface area (TPSA) is 12.9 Å². The van der Waals surface area contributed by atoms with Crippen LogP contribution in [-0.4, -0.2) is 4.98 Å². The Balaban J connectivity index is 3.17. The maximum absolute atomic E-state index is 12.1. The monoisotopic (exact) mass is 148 g/mol. The minimum atomic E-state index is -0.905. The lowest BCUT2D eigenvalue weighted by Crippen LogP contribution is -1.85. The highest BCUT2D eigenvalue weighted by Gasteiger charge is 2.00. The van der Waals surface area contributed by atoms with Gasteiger partial charge in [-0.05, 0) is 6.07 Å². The van der Waals surface area contributed by atoms with Gasteiger partial charge >= 0.3 is 0 Å². The van der Waals surface area contributed by atoms with E-state index in [-0.39, 0.29) is 5.02 Å². The van der Waals surface area contributed by atoms with Crippen LogP contribution in [0.25, 0.3) is 0 Å². The molecule has 0 saturated heterocycles. The molecule has 1 radical (unpaired) electrons. The highest BCUT2D eigenvalue weighted by atomic mass is 35.5. The molecule has 0 fully saturated rings. The van der Waals surface area contributed by atoms with Crippen molar-refractivity contribution in [3.05, 3.63) is 29.1 Å². The lowest BCUT2D eigenvalue weighted by atomic mass is 10.5. The molecule has 0 amide bonds. The zero-order valence-electron chi connectivity index (χ0n) is 4.16. The van der Waals surface area contributed by atoms with Crippen LogP contribution >= 0.6 is 11.6 Å². The van der Waals surface area contributed by atoms with Gasteiger partial charge in [0, 0.05) is 0 Å². The third kappa shape index (κ3) is 1.36. The minimum Gasteiger partial charge on any atom is -0.213 e. The Morgan fingerprint density at radius 1 is 1.56 bits per heavy atom. The van der Waals surface area contributed by atoms with Gasteiger partial charge in [0.15, 0.2) is 5.82 Å². The molecule has 1 aromatic rings. The number of rotatable bonds is 0. The summed E-state index contributed by atoms with van der Waals surface area (Å²) >= 11 is 5.12. The van der Waals surface area contributed by atoms with Gasteiger partial charge in [-0.3, -0.25) is 0 Å². The molecule has 0 spiro atoms. The van der Waals surface area contributed by atoms with Crippen LogP contribution in [0.5, 0.6) is 0 Å². The summed E-state index contributed by atoms with van der Waals surface area (Å²) in [4.78, 5) is 2.88. The van der Waals surface area contributed by atoms with E-state index >= 15 is 0 Å². The lowest BCUT2D eigenvalue weighted by Gasteiger charge is -1.88. The zero-order valence-corrected chi connectivity index (χ0v) is 4.91. The van der Waals surface area contributed by atoms with Crippen LogP contribution in [-0.2, 0) is 0 Å². The number of aromatic nitrogens is 1. The highest BCUT2D eigenvalue weighted by Crippen LogP contribution is 2.11. The first-order chi connectivity index (χ1) is 4.20. The van der Waals surface area contributed by atoms with Crippen molar-refractivity contribution in [2.24, 2.45) is 0 Å². The Morgan fingerprint density at radius 2 is 2.22 bits per heavy atom. The Bertz CT molecular complexity index is 226. The summed E-state index contributed by atoms with van der Waals surface area (Å²) in [7, 11) is 0. The molecular formula is C5HClF2N. The van der Waals surface area contributed by atoms with Crippen molar-refractivity contribution in [3.8, 4) is 0 Å². The summed E-state index contributed by atoms with van der Waals surface area (Å²) in [6.07, 6.45) is 1.76. The first kappa shape index (κ1) is 6.42. The van der Waals surface area contributed by atoms with E-state index in [1.165, 1.54) is 0 Å². The van der Waals surface area contributed by atoms with Crippen molar-refractivity contribution in [3.63, 3.8) is 0 Å². The molecule has 1 nitrogen and oxygen atoms in total. The molecule has 0 aliphatic heterocycles. The first-order valence-corrected chi connectivity index (χ1v) is 2.47. The predicted molar refractivity (Wildman–Crippen MR) is 28.0 cm³/mol. The van der Waals surface area contributed by atoms with Crippen molar-refractivity contribution in [2.45, 2.75) is 0 Å². The summed E-state index contributed by atoms with van der Waals surface area (Å²) in [6, 6.07) is 0.809. The molecule has 1 rings (SSSR count). The summed E-state index contributed by atoms with van der Waals surface area (Å²) in [6.45, 7) is 0. The quantitative estimate of drug-likeness (QED) is 0.512. The fraction of sp³-hybridized carbons (Fsp3) is 0. The van der Waals surface area contributed by atoms with Crippen molar-refractivity contribution < 1.29 is 8.78 Å². The van der Waals surface area contributed by atoms with Gasteiger partial charge in [-0.2, -0.15) is 4.39 Å². The number of hydrogen-bond acceptors (Lipinski definition) is 1. The van der Waals surface area contributed by atoms with E-state index in [0.29, 0.717) is 0 Å². The highest BCUT2D eigenvalue weighted by molar-refractivity contribution is 6.30. The molecule has 0 unspecified atom stereocenters. The van der Waals surface area contributed by atoms with Crippen LogP contribution in [0.4, 0.5) is 8.78 Å². The first-order valence-electron chi connectivity index (χ1n) is 2.09. The Kier molecular flexibility index (Phi) is 1.62. The van der Waals surface area contributed by atoms with E-state index in [2.05, 4.69) is 4.98 Å². The smallest absolute Gasteiger partial charge is 0.213 e. The normalized spacial score (nSPS) is 9.67. The average molecular weight is 149 g/mol. The van der Waals surface area contributed by atoms with E-state index in [4.69, 9.17) is 11.6 Å². The molecule has 4 heteroatoms. The minimum absolute atomic E-state index is 0.328. The third-order valence-corrected chi connectivity index (χ3v) is 0.976. The lowest BCUT2D eigenvalue weighted by molar-refractivity contribution is 0.558. The van der Waals surface area contributed by atoms with E-state index in [0.717, 1.165) is 6.07 Å². The Hall–Kier alpha value is -0.700. The molecule has 1 aromatic heterocycles. The summed E-state index contributed by atoms with van der Waals surface area (Å²) in [5.41, 5.74) is 0. The van der Waals surface area contributed by atoms with Crippen LogP contribution < -0.4 is 0 Å². The molecule has 0 aliphatic carbocycles. The van der Waals surface area contributed by atoms with Gasteiger partial charge in [0.05, 0.1) is 5.02 Å². The van der Waals surface area contributed by atoms with Crippen molar-refractivity contribution in [1.29, 1.82) is 0 Å². The largest absolute Gasteiger partial charge is 0.232 e. The molecule has 1 heterocycles. The molecule has 0 saturated carbocycles. The maximum atomic E-state index is 12.1. The van der Waals surface area contributed by atoms with Crippen LogP contribution in [0.15, 0.2) is 6.07 Å². The second kappa shape index (κ2) is 2.27. The van der Waals surface area contributed by atoms with E-state index in [1.807, 2.05) is 0 Å². The summed E-state index contributed by atoms with van der Waals surface area (Å²) in [5, 5.41) is -0.328. The summed E-state index contributed by atoms with van der Waals surface area (Å²) in [5.74, 6) is -1.67. The van der Waals surface area contributed by atoms with E-state index < -0.39 is 11.8 Å². The fourth-order valence-electron chi connectivity index (χ4n) is 0.359. The van der Waals surface area contributed by atoms with Gasteiger partial charge in [0.25, 0.3) is 0 Å². The molecular weight excluding hydrogens is 148 g/mol. The Labute approximate surface area is 55.3 Å². The third-order valence-electron chi connectivity index (χ3n) is 0.711. The fourth-order valence-corrected chi connectivity index (χ4v) is 0.497. The van der Waals surface area contributed by atoms with Crippen LogP contribution in [0.2, 0.25) is 5.02 Å². The molecule has 0 aliphatic rings. The zero-order chi connectivity index (χ0) is 6.85. The summed E-state index contributed by atoms with van der Waals surface area (Å²) < 4.78 is 24.0. The molecule has 47 valence electrons. The number of halogens is 3. The van der Waals surface area contributed by atoms with Crippen molar-refractivity contribution >= 4 is 11.6 Å². The molecule has 0 N–H and O–H groups in total. The molecule has 9 heavy (non-hydrogen) atoms. The van der Waals surface area contributed by atoms with Crippen LogP contribution in [0, 0.1) is 18.0 Å². The standard InChI is InChI=1S/C5HClF2N/c6-4-1-3(7)2-9-5(4)8/h1H. The van der Waals surface area contributed by atoms with Crippen molar-refractivity contribution in [2.75, 3.05) is 0 Å². The van der Waals surface area contributed by atoms with Gasteiger partial charge in [0.1, 0.15) is 6.20 Å². The average Bonchev–Trinajstić information content (AvgIpc) is 1.80. The molecule has 0 bridgehead atoms. The predicted octanol–water partition coefficient (Wildman–Crippen LogP) is 1.81. The molecule has 0 atom stereocenters. The number of nitrogens with zero attached hydrogens (tertiary/aromatic N) is 1. The van der Waals surface area contributed by atoms with E-state index in [9.17, 15) is 8.78 Å². The van der Waals surface area contributed by atoms with Gasteiger partial charge in [-0.25, -0.2) is 9.37 Å². The van der Waals surface area contributed by atoms with Crippen LogP contribution in [0.3, 0.4) is 0 Å². The SMILES string of the molecule is Fc1[c]nc(F)c(Cl)c1. The maximum Gasteiger partial charge on any atom is 0.232 e. The van der Waals surface area contributed by atoms with Gasteiger partial charge in [-0.1, -0.05) is 11.6 Å². The van der Waals surface area contributed by atoms with Gasteiger partial charge < -0.3 is 0 Å². The number of pyridine rings is 1. The van der Waals surface area contributed by atoms with E-state index in [1.54, 1.807) is 6.20 Å².